The first-order valence-corrected chi connectivity index (χ1v) is 12.0. The normalized spacial score (nSPS) is 10.9. The SMILES string of the molecule is Cc1ccc(-c2ccc(OCCCCCOc3ccc(-c4ccc(Cl)c(F)c4)cc3)cc2)cc1F. The Morgan fingerprint density at radius 2 is 1.03 bits per heavy atom. The number of aryl methyl sites for hydroxylation is 1. The van der Waals surface area contributed by atoms with Gasteiger partial charge in [0.05, 0.1) is 18.2 Å². The molecule has 0 aromatic heterocycles. The lowest BCUT2D eigenvalue weighted by molar-refractivity contribution is 0.279. The number of hydrogen-bond donors (Lipinski definition) is 0. The number of halogens is 3. The van der Waals surface area contributed by atoms with Crippen molar-refractivity contribution in [2.24, 2.45) is 0 Å². The minimum Gasteiger partial charge on any atom is -0.494 e. The predicted molar refractivity (Wildman–Crippen MR) is 138 cm³/mol. The minimum atomic E-state index is -0.426. The lowest BCUT2D eigenvalue weighted by Gasteiger charge is -2.09. The van der Waals surface area contributed by atoms with Crippen molar-refractivity contribution in [2.45, 2.75) is 26.2 Å². The molecule has 4 aromatic rings. The van der Waals surface area contributed by atoms with Crippen LogP contribution in [-0.4, -0.2) is 13.2 Å². The van der Waals surface area contributed by atoms with Crippen molar-refractivity contribution in [1.82, 2.24) is 0 Å². The average Bonchev–Trinajstić information content (AvgIpc) is 2.87. The third kappa shape index (κ3) is 6.83. The summed E-state index contributed by atoms with van der Waals surface area (Å²) in [6.07, 6.45) is 2.84. The molecule has 0 fully saturated rings. The molecule has 0 radical (unpaired) electrons. The fourth-order valence-corrected chi connectivity index (χ4v) is 3.81. The van der Waals surface area contributed by atoms with Crippen molar-refractivity contribution in [3.63, 3.8) is 0 Å². The van der Waals surface area contributed by atoms with Crippen LogP contribution in [0.3, 0.4) is 0 Å². The third-order valence-corrected chi connectivity index (χ3v) is 6.10. The van der Waals surface area contributed by atoms with Crippen LogP contribution in [0.25, 0.3) is 22.3 Å². The Kier molecular flexibility index (Phi) is 8.38. The number of ether oxygens (including phenoxy) is 2. The molecular formula is C30H27ClF2O2. The van der Waals surface area contributed by atoms with E-state index in [9.17, 15) is 8.78 Å². The van der Waals surface area contributed by atoms with Crippen LogP contribution in [0.1, 0.15) is 24.8 Å². The first kappa shape index (κ1) is 24.7. The molecule has 180 valence electrons. The number of hydrogen-bond acceptors (Lipinski definition) is 2. The van der Waals surface area contributed by atoms with Gasteiger partial charge in [0.1, 0.15) is 23.1 Å². The summed E-state index contributed by atoms with van der Waals surface area (Å²) < 4.78 is 39.1. The van der Waals surface area contributed by atoms with E-state index in [2.05, 4.69) is 0 Å². The Labute approximate surface area is 210 Å². The van der Waals surface area contributed by atoms with Gasteiger partial charge in [-0.15, -0.1) is 0 Å². The van der Waals surface area contributed by atoms with E-state index in [0.717, 1.165) is 53.0 Å². The van der Waals surface area contributed by atoms with Crippen molar-refractivity contribution < 1.29 is 18.3 Å². The van der Waals surface area contributed by atoms with Crippen LogP contribution in [0, 0.1) is 18.6 Å². The molecule has 0 aliphatic heterocycles. The summed E-state index contributed by atoms with van der Waals surface area (Å²) in [5, 5.41) is 0.118. The summed E-state index contributed by atoms with van der Waals surface area (Å²) in [6.45, 7) is 3.01. The lowest BCUT2D eigenvalue weighted by atomic mass is 10.0. The standard InChI is InChI=1S/C30H27ClF2O2/c1-21-5-6-24(19-29(21)32)22-7-12-26(13-8-22)34-17-3-2-4-18-35-27-14-9-23(10-15-27)25-11-16-28(31)30(33)20-25/h5-16,19-20H,2-4,17-18H2,1H3. The summed E-state index contributed by atoms with van der Waals surface area (Å²) in [6, 6.07) is 25.4. The van der Waals surface area contributed by atoms with Crippen LogP contribution in [-0.2, 0) is 0 Å². The van der Waals surface area contributed by atoms with Gasteiger partial charge in [-0.2, -0.15) is 0 Å². The second-order valence-corrected chi connectivity index (χ2v) is 8.81. The highest BCUT2D eigenvalue weighted by Gasteiger charge is 2.05. The molecule has 0 heterocycles. The predicted octanol–water partition coefficient (Wildman–Crippen LogP) is 8.89. The van der Waals surface area contributed by atoms with Gasteiger partial charge in [0.2, 0.25) is 0 Å². The lowest BCUT2D eigenvalue weighted by Crippen LogP contribution is -2.01. The van der Waals surface area contributed by atoms with Gasteiger partial charge in [-0.1, -0.05) is 54.1 Å². The van der Waals surface area contributed by atoms with E-state index in [1.165, 1.54) is 6.07 Å². The van der Waals surface area contributed by atoms with Crippen molar-refractivity contribution in [3.8, 4) is 33.8 Å². The summed E-state index contributed by atoms with van der Waals surface area (Å²) in [5.74, 6) is 0.967. The molecular weight excluding hydrogens is 466 g/mol. The largest absolute Gasteiger partial charge is 0.494 e. The number of rotatable bonds is 10. The quantitative estimate of drug-likeness (QED) is 0.206. The third-order valence-electron chi connectivity index (χ3n) is 5.79. The van der Waals surface area contributed by atoms with Gasteiger partial charge in [-0.3, -0.25) is 0 Å². The highest BCUT2D eigenvalue weighted by molar-refractivity contribution is 6.30. The maximum absolute atomic E-state index is 13.8. The zero-order valence-electron chi connectivity index (χ0n) is 19.6. The zero-order chi connectivity index (χ0) is 24.6. The van der Waals surface area contributed by atoms with Gasteiger partial charge >= 0.3 is 0 Å². The van der Waals surface area contributed by atoms with Gasteiger partial charge in [-0.05, 0) is 96.5 Å². The maximum Gasteiger partial charge on any atom is 0.142 e. The second kappa shape index (κ2) is 11.9. The Bertz CT molecular complexity index is 1160. The van der Waals surface area contributed by atoms with Gasteiger partial charge in [0.25, 0.3) is 0 Å². The first-order chi connectivity index (χ1) is 17.0. The molecule has 35 heavy (non-hydrogen) atoms. The molecule has 0 N–H and O–H groups in total. The minimum absolute atomic E-state index is 0.118. The molecule has 4 aromatic carbocycles. The van der Waals surface area contributed by atoms with Crippen LogP contribution >= 0.6 is 11.6 Å². The summed E-state index contributed by atoms with van der Waals surface area (Å²) in [7, 11) is 0. The molecule has 0 saturated heterocycles. The Balaban J connectivity index is 1.14. The van der Waals surface area contributed by atoms with Crippen molar-refractivity contribution in [2.75, 3.05) is 13.2 Å². The molecule has 0 atom stereocenters. The van der Waals surface area contributed by atoms with E-state index < -0.39 is 5.82 Å². The van der Waals surface area contributed by atoms with E-state index >= 15 is 0 Å². The van der Waals surface area contributed by atoms with E-state index in [-0.39, 0.29) is 10.8 Å². The van der Waals surface area contributed by atoms with Gasteiger partial charge < -0.3 is 9.47 Å². The second-order valence-electron chi connectivity index (χ2n) is 8.40. The molecule has 0 saturated carbocycles. The smallest absolute Gasteiger partial charge is 0.142 e. The molecule has 0 unspecified atom stereocenters. The first-order valence-electron chi connectivity index (χ1n) is 11.7. The molecule has 0 amide bonds. The number of unbranched alkanes of at least 4 members (excludes halogenated alkanes) is 2. The van der Waals surface area contributed by atoms with Crippen LogP contribution < -0.4 is 9.47 Å². The van der Waals surface area contributed by atoms with Crippen LogP contribution in [0.5, 0.6) is 11.5 Å². The van der Waals surface area contributed by atoms with Gasteiger partial charge in [-0.25, -0.2) is 8.78 Å². The molecule has 4 rings (SSSR count). The van der Waals surface area contributed by atoms with Crippen LogP contribution in [0.15, 0.2) is 84.9 Å². The molecule has 0 spiro atoms. The van der Waals surface area contributed by atoms with Gasteiger partial charge in [0, 0.05) is 0 Å². The maximum atomic E-state index is 13.8. The highest BCUT2D eigenvalue weighted by atomic mass is 35.5. The van der Waals surface area contributed by atoms with Gasteiger partial charge in [0.15, 0.2) is 0 Å². The molecule has 0 aliphatic rings. The van der Waals surface area contributed by atoms with Crippen molar-refractivity contribution in [1.29, 1.82) is 0 Å². The Hall–Kier alpha value is -3.37. The van der Waals surface area contributed by atoms with Crippen LogP contribution in [0.2, 0.25) is 5.02 Å². The summed E-state index contributed by atoms with van der Waals surface area (Å²) in [5.41, 5.74) is 4.14. The fourth-order valence-electron chi connectivity index (χ4n) is 3.70. The highest BCUT2D eigenvalue weighted by Crippen LogP contribution is 2.27. The number of benzene rings is 4. The summed E-state index contributed by atoms with van der Waals surface area (Å²) >= 11 is 5.75. The molecule has 0 bridgehead atoms. The Morgan fingerprint density at radius 3 is 1.51 bits per heavy atom. The Morgan fingerprint density at radius 1 is 0.571 bits per heavy atom. The van der Waals surface area contributed by atoms with Crippen LogP contribution in [0.4, 0.5) is 8.78 Å². The van der Waals surface area contributed by atoms with Crippen molar-refractivity contribution in [3.05, 3.63) is 107 Å². The molecule has 2 nitrogen and oxygen atoms in total. The van der Waals surface area contributed by atoms with Crippen molar-refractivity contribution >= 4 is 11.6 Å². The van der Waals surface area contributed by atoms with E-state index in [1.807, 2.05) is 54.6 Å². The van der Waals surface area contributed by atoms with E-state index in [4.69, 9.17) is 21.1 Å². The average molecular weight is 493 g/mol. The fraction of sp³-hybridized carbons (Fsp3) is 0.200. The molecule has 5 heteroatoms. The van der Waals surface area contributed by atoms with E-state index in [0.29, 0.717) is 18.8 Å². The zero-order valence-corrected chi connectivity index (χ0v) is 20.3. The topological polar surface area (TPSA) is 18.5 Å². The summed E-state index contributed by atoms with van der Waals surface area (Å²) in [4.78, 5) is 0. The molecule has 0 aliphatic carbocycles. The monoisotopic (exact) mass is 492 g/mol. The van der Waals surface area contributed by atoms with E-state index in [1.54, 1.807) is 31.2 Å².